The van der Waals surface area contributed by atoms with Crippen LogP contribution in [0.15, 0.2) is 36.7 Å². The first-order valence-electron chi connectivity index (χ1n) is 10.5. The van der Waals surface area contributed by atoms with Gasteiger partial charge in [-0.05, 0) is 55.5 Å². The number of carbonyl (C=O) groups excluding carboxylic acids is 1. The molecule has 1 aromatic heterocycles. The zero-order valence-corrected chi connectivity index (χ0v) is 16.7. The number of nitrogens with zero attached hydrogens (tertiary/aromatic N) is 2. The molecule has 5 nitrogen and oxygen atoms in total. The molecule has 5 heteroatoms. The summed E-state index contributed by atoms with van der Waals surface area (Å²) in [5.41, 5.74) is 2.09. The van der Waals surface area contributed by atoms with E-state index in [2.05, 4.69) is 16.9 Å². The molecule has 1 fully saturated rings. The van der Waals surface area contributed by atoms with E-state index in [1.165, 1.54) is 44.1 Å². The number of carbonyl (C=O) groups is 1. The van der Waals surface area contributed by atoms with Crippen molar-refractivity contribution in [3.05, 3.63) is 42.2 Å². The Bertz CT molecular complexity index is 723. The fraction of sp³-hybridized carbons (Fsp3) is 0.522. The molecule has 28 heavy (non-hydrogen) atoms. The Kier molecular flexibility index (Phi) is 7.97. The van der Waals surface area contributed by atoms with Crippen molar-refractivity contribution in [3.63, 3.8) is 0 Å². The number of aryl methyl sites for hydroxylation is 1. The topological polar surface area (TPSA) is 61.3 Å². The Balaban J connectivity index is 1.47. The lowest BCUT2D eigenvalue weighted by Crippen LogP contribution is -2.24. The number of esters is 1. The second-order valence-electron chi connectivity index (χ2n) is 7.38. The minimum Gasteiger partial charge on any atom is -0.425 e. The summed E-state index contributed by atoms with van der Waals surface area (Å²) in [5.74, 6) is 0.883. The van der Waals surface area contributed by atoms with Crippen LogP contribution in [0, 0.1) is 0 Å². The largest absolute Gasteiger partial charge is 0.425 e. The maximum Gasteiger partial charge on any atom is 0.340 e. The first-order valence-corrected chi connectivity index (χ1v) is 10.5. The number of aromatic nitrogens is 2. The molecule has 1 saturated heterocycles. The number of unbranched alkanes of at least 4 members (excludes halogenated alkanes) is 5. The minimum atomic E-state index is -0.429. The van der Waals surface area contributed by atoms with Gasteiger partial charge in [-0.1, -0.05) is 39.0 Å². The molecule has 0 spiro atoms. The summed E-state index contributed by atoms with van der Waals surface area (Å²) in [4.78, 5) is 21.0. The Morgan fingerprint density at radius 2 is 1.79 bits per heavy atom. The Labute approximate surface area is 167 Å². The fourth-order valence-corrected chi connectivity index (χ4v) is 3.36. The van der Waals surface area contributed by atoms with E-state index in [-0.39, 0.29) is 5.97 Å². The average molecular weight is 383 g/mol. The molecule has 3 rings (SSSR count). The summed E-state index contributed by atoms with van der Waals surface area (Å²) in [6, 6.07) is 7.30. The molecule has 0 aliphatic carbocycles. The summed E-state index contributed by atoms with van der Waals surface area (Å²) in [6.45, 7) is 2.87. The normalized spacial score (nSPS) is 16.2. The van der Waals surface area contributed by atoms with E-state index in [0.717, 1.165) is 24.8 Å². The van der Waals surface area contributed by atoms with Crippen molar-refractivity contribution < 1.29 is 14.3 Å². The monoisotopic (exact) mass is 382 g/mol. The van der Waals surface area contributed by atoms with Crippen LogP contribution in [0.4, 0.5) is 0 Å². The molecule has 0 amide bonds. The molecule has 1 aliphatic heterocycles. The predicted molar refractivity (Wildman–Crippen MR) is 109 cm³/mol. The number of rotatable bonds is 10. The van der Waals surface area contributed by atoms with Crippen molar-refractivity contribution >= 4 is 5.97 Å². The first kappa shape index (κ1) is 20.5. The molecule has 2 aromatic rings. The van der Waals surface area contributed by atoms with E-state index in [1.54, 1.807) is 12.1 Å². The van der Waals surface area contributed by atoms with Gasteiger partial charge in [-0.15, -0.1) is 0 Å². The van der Waals surface area contributed by atoms with Gasteiger partial charge in [-0.25, -0.2) is 14.8 Å². The van der Waals surface area contributed by atoms with Gasteiger partial charge in [0.05, 0.1) is 0 Å². The highest BCUT2D eigenvalue weighted by molar-refractivity contribution is 5.77. The molecule has 1 aliphatic rings. The van der Waals surface area contributed by atoms with Crippen molar-refractivity contribution in [1.29, 1.82) is 0 Å². The van der Waals surface area contributed by atoms with Crippen molar-refractivity contribution in [2.24, 2.45) is 0 Å². The van der Waals surface area contributed by atoms with Crippen LogP contribution in [0.3, 0.4) is 0 Å². The van der Waals surface area contributed by atoms with Crippen LogP contribution in [0.2, 0.25) is 0 Å². The molecule has 150 valence electrons. The molecule has 0 bridgehead atoms. The van der Waals surface area contributed by atoms with Crippen molar-refractivity contribution in [2.75, 3.05) is 6.61 Å². The summed E-state index contributed by atoms with van der Waals surface area (Å²) < 4.78 is 10.7. The predicted octanol–water partition coefficient (Wildman–Crippen LogP) is 5.13. The molecular formula is C23H30N2O3. The standard InChI is InChI=1S/C23H30N2O3/c1-2-3-4-5-6-7-9-18-16-24-22(25-17-18)19-11-13-20(14-12-19)28-23(26)21-10-8-15-27-21/h11-14,16-17,21H,2-10,15H2,1H3. The van der Waals surface area contributed by atoms with Gasteiger partial charge < -0.3 is 9.47 Å². The van der Waals surface area contributed by atoms with Gasteiger partial charge in [0.2, 0.25) is 0 Å². The smallest absolute Gasteiger partial charge is 0.340 e. The maximum atomic E-state index is 12.0. The van der Waals surface area contributed by atoms with Gasteiger partial charge in [0.15, 0.2) is 11.9 Å². The highest BCUT2D eigenvalue weighted by atomic mass is 16.6. The van der Waals surface area contributed by atoms with Gasteiger partial charge in [-0.3, -0.25) is 0 Å². The Hall–Kier alpha value is -2.27. The molecule has 0 N–H and O–H groups in total. The van der Waals surface area contributed by atoms with E-state index in [9.17, 15) is 4.79 Å². The molecule has 2 heterocycles. The van der Waals surface area contributed by atoms with Gasteiger partial charge in [0, 0.05) is 24.6 Å². The SMILES string of the molecule is CCCCCCCCc1cnc(-c2ccc(OC(=O)C3CCCO3)cc2)nc1. The maximum absolute atomic E-state index is 12.0. The van der Waals surface area contributed by atoms with Crippen LogP contribution < -0.4 is 4.74 Å². The second kappa shape index (κ2) is 10.9. The van der Waals surface area contributed by atoms with Gasteiger partial charge in [-0.2, -0.15) is 0 Å². The van der Waals surface area contributed by atoms with Crippen LogP contribution >= 0.6 is 0 Å². The van der Waals surface area contributed by atoms with Crippen molar-refractivity contribution in [2.45, 2.75) is 70.8 Å². The van der Waals surface area contributed by atoms with Crippen molar-refractivity contribution in [3.8, 4) is 17.1 Å². The van der Waals surface area contributed by atoms with E-state index < -0.39 is 6.10 Å². The van der Waals surface area contributed by atoms with Crippen LogP contribution in [-0.2, 0) is 16.0 Å². The molecule has 1 aromatic carbocycles. The summed E-state index contributed by atoms with van der Waals surface area (Å²) >= 11 is 0. The highest BCUT2D eigenvalue weighted by Gasteiger charge is 2.25. The van der Waals surface area contributed by atoms with Gasteiger partial charge in [0.1, 0.15) is 5.75 Å². The lowest BCUT2D eigenvalue weighted by atomic mass is 10.1. The zero-order chi connectivity index (χ0) is 19.6. The number of hydrogen-bond acceptors (Lipinski definition) is 5. The van der Waals surface area contributed by atoms with E-state index >= 15 is 0 Å². The quantitative estimate of drug-likeness (QED) is 0.324. The van der Waals surface area contributed by atoms with Crippen LogP contribution in [0.1, 0.15) is 63.9 Å². The van der Waals surface area contributed by atoms with Crippen LogP contribution in [-0.4, -0.2) is 28.6 Å². The Morgan fingerprint density at radius 3 is 2.46 bits per heavy atom. The van der Waals surface area contributed by atoms with E-state index in [1.807, 2.05) is 24.5 Å². The third kappa shape index (κ3) is 6.13. The average Bonchev–Trinajstić information content (AvgIpc) is 3.27. The summed E-state index contributed by atoms with van der Waals surface area (Å²) in [6.07, 6.45) is 13.8. The van der Waals surface area contributed by atoms with Gasteiger partial charge >= 0.3 is 5.97 Å². The fourth-order valence-electron chi connectivity index (χ4n) is 3.36. The molecule has 0 radical (unpaired) electrons. The van der Waals surface area contributed by atoms with Crippen molar-refractivity contribution in [1.82, 2.24) is 9.97 Å². The minimum absolute atomic E-state index is 0.319. The second-order valence-corrected chi connectivity index (χ2v) is 7.38. The lowest BCUT2D eigenvalue weighted by Gasteiger charge is -2.09. The van der Waals surface area contributed by atoms with Crippen LogP contribution in [0.5, 0.6) is 5.75 Å². The Morgan fingerprint density at radius 1 is 1.07 bits per heavy atom. The summed E-state index contributed by atoms with van der Waals surface area (Å²) in [7, 11) is 0. The third-order valence-corrected chi connectivity index (χ3v) is 5.05. The summed E-state index contributed by atoms with van der Waals surface area (Å²) in [5, 5.41) is 0. The highest BCUT2D eigenvalue weighted by Crippen LogP contribution is 2.21. The molecule has 0 saturated carbocycles. The van der Waals surface area contributed by atoms with Crippen LogP contribution in [0.25, 0.3) is 11.4 Å². The van der Waals surface area contributed by atoms with E-state index in [0.29, 0.717) is 18.2 Å². The van der Waals surface area contributed by atoms with E-state index in [4.69, 9.17) is 9.47 Å². The molecule has 1 unspecified atom stereocenters. The lowest BCUT2D eigenvalue weighted by molar-refractivity contribution is -0.144. The molecule has 1 atom stereocenters. The molecular weight excluding hydrogens is 352 g/mol. The zero-order valence-electron chi connectivity index (χ0n) is 16.7. The first-order chi connectivity index (χ1) is 13.8. The van der Waals surface area contributed by atoms with Gasteiger partial charge in [0.25, 0.3) is 0 Å². The number of benzene rings is 1. The number of hydrogen-bond donors (Lipinski definition) is 0. The third-order valence-electron chi connectivity index (χ3n) is 5.05. The number of ether oxygens (including phenoxy) is 2.